The van der Waals surface area contributed by atoms with E-state index in [0.29, 0.717) is 12.2 Å². The summed E-state index contributed by atoms with van der Waals surface area (Å²) >= 11 is 0. The Kier molecular flexibility index (Phi) is 3.00. The summed E-state index contributed by atoms with van der Waals surface area (Å²) in [5.41, 5.74) is 0.805. The summed E-state index contributed by atoms with van der Waals surface area (Å²) in [4.78, 5) is 28.4. The van der Waals surface area contributed by atoms with Gasteiger partial charge in [0.15, 0.2) is 0 Å². The summed E-state index contributed by atoms with van der Waals surface area (Å²) in [6.07, 6.45) is -0.414. The van der Waals surface area contributed by atoms with Crippen molar-refractivity contribution in [3.05, 3.63) is 17.2 Å². The van der Waals surface area contributed by atoms with Crippen molar-refractivity contribution in [1.82, 2.24) is 14.5 Å². The van der Waals surface area contributed by atoms with Crippen LogP contribution in [-0.4, -0.2) is 37.2 Å². The lowest BCUT2D eigenvalue weighted by atomic mass is 10.2. The monoisotopic (exact) mass is 267 g/mol. The summed E-state index contributed by atoms with van der Waals surface area (Å²) in [5, 5.41) is 8.96. The summed E-state index contributed by atoms with van der Waals surface area (Å²) in [6, 6.07) is 0. The fourth-order valence-corrected chi connectivity index (χ4v) is 1.98. The lowest BCUT2D eigenvalue weighted by Gasteiger charge is -2.24. The Morgan fingerprint density at radius 1 is 1.32 bits per heavy atom. The molecule has 1 aromatic heterocycles. The topological polar surface area (TPSA) is 84.7 Å². The Labute approximate surface area is 110 Å². The Morgan fingerprint density at radius 2 is 1.95 bits per heavy atom. The molecular weight excluding hydrogens is 250 g/mol. The van der Waals surface area contributed by atoms with Gasteiger partial charge in [0.2, 0.25) is 5.82 Å². The second-order valence-corrected chi connectivity index (χ2v) is 5.53. The van der Waals surface area contributed by atoms with Crippen molar-refractivity contribution >= 4 is 12.1 Å². The maximum absolute atomic E-state index is 11.9. The molecule has 0 atom stereocenters. The van der Waals surface area contributed by atoms with Crippen molar-refractivity contribution < 1.29 is 19.4 Å². The van der Waals surface area contributed by atoms with E-state index in [1.165, 1.54) is 9.47 Å². The van der Waals surface area contributed by atoms with E-state index in [0.717, 1.165) is 5.69 Å². The van der Waals surface area contributed by atoms with E-state index in [9.17, 15) is 9.59 Å². The van der Waals surface area contributed by atoms with Gasteiger partial charge in [0.1, 0.15) is 5.60 Å². The van der Waals surface area contributed by atoms with Gasteiger partial charge in [0.05, 0.1) is 24.5 Å². The van der Waals surface area contributed by atoms with Crippen LogP contribution in [0.25, 0.3) is 0 Å². The van der Waals surface area contributed by atoms with E-state index >= 15 is 0 Å². The number of ether oxygens (including phenoxy) is 1. The first-order chi connectivity index (χ1) is 8.69. The molecule has 1 aromatic rings. The van der Waals surface area contributed by atoms with Gasteiger partial charge in [-0.1, -0.05) is 0 Å². The zero-order chi connectivity index (χ0) is 14.4. The number of aromatic nitrogens is 2. The fraction of sp³-hybridized carbons (Fsp3) is 0.583. The molecule has 7 heteroatoms. The van der Waals surface area contributed by atoms with Crippen LogP contribution in [0, 0.1) is 0 Å². The summed E-state index contributed by atoms with van der Waals surface area (Å²) in [6.45, 7) is 6.01. The smallest absolute Gasteiger partial charge is 0.410 e. The third kappa shape index (κ3) is 2.54. The SMILES string of the molecule is Cn1c(C(=O)O)nc2c1CN(C(=O)OC(C)(C)C)C2. The average Bonchev–Trinajstić information content (AvgIpc) is 2.76. The standard InChI is InChI=1S/C12H17N3O4/c1-12(2,3)19-11(18)15-5-7-8(6-15)14(4)9(13-7)10(16)17/h5-6H2,1-4H3,(H,16,17). The van der Waals surface area contributed by atoms with Crippen molar-refractivity contribution in [2.75, 3.05) is 0 Å². The van der Waals surface area contributed by atoms with Gasteiger partial charge >= 0.3 is 12.1 Å². The summed E-state index contributed by atoms with van der Waals surface area (Å²) in [5.74, 6) is -1.07. The van der Waals surface area contributed by atoms with Crippen molar-refractivity contribution in [1.29, 1.82) is 0 Å². The van der Waals surface area contributed by atoms with Crippen LogP contribution in [0.4, 0.5) is 4.79 Å². The van der Waals surface area contributed by atoms with Crippen molar-refractivity contribution in [3.63, 3.8) is 0 Å². The first-order valence-corrected chi connectivity index (χ1v) is 5.94. The van der Waals surface area contributed by atoms with E-state index in [-0.39, 0.29) is 12.4 Å². The summed E-state index contributed by atoms with van der Waals surface area (Å²) < 4.78 is 6.78. The fourth-order valence-electron chi connectivity index (χ4n) is 1.98. The third-order valence-corrected chi connectivity index (χ3v) is 2.82. The number of hydrogen-bond acceptors (Lipinski definition) is 4. The highest BCUT2D eigenvalue weighted by atomic mass is 16.6. The van der Waals surface area contributed by atoms with Crippen molar-refractivity contribution in [3.8, 4) is 0 Å². The van der Waals surface area contributed by atoms with Crippen LogP contribution >= 0.6 is 0 Å². The van der Waals surface area contributed by atoms with Crippen molar-refractivity contribution in [2.24, 2.45) is 7.05 Å². The van der Waals surface area contributed by atoms with Gasteiger partial charge in [0.25, 0.3) is 0 Å². The molecule has 0 aliphatic carbocycles. The normalized spacial score (nSPS) is 14.4. The average molecular weight is 267 g/mol. The second-order valence-electron chi connectivity index (χ2n) is 5.53. The molecule has 0 unspecified atom stereocenters. The van der Waals surface area contributed by atoms with Crippen LogP contribution in [0.1, 0.15) is 42.8 Å². The van der Waals surface area contributed by atoms with Crippen LogP contribution in [0.3, 0.4) is 0 Å². The molecule has 1 amide bonds. The van der Waals surface area contributed by atoms with E-state index < -0.39 is 17.7 Å². The molecule has 0 spiro atoms. The lowest BCUT2D eigenvalue weighted by molar-refractivity contribution is 0.0237. The Morgan fingerprint density at radius 3 is 2.42 bits per heavy atom. The summed E-state index contributed by atoms with van der Waals surface area (Å²) in [7, 11) is 1.63. The predicted octanol–water partition coefficient (Wildman–Crippen LogP) is 1.37. The zero-order valence-corrected chi connectivity index (χ0v) is 11.4. The number of carbonyl (C=O) groups is 2. The molecule has 0 aromatic carbocycles. The van der Waals surface area contributed by atoms with Gasteiger partial charge in [0, 0.05) is 7.05 Å². The van der Waals surface area contributed by atoms with Crippen LogP contribution in [-0.2, 0) is 24.9 Å². The van der Waals surface area contributed by atoms with Crippen LogP contribution in [0.5, 0.6) is 0 Å². The molecular formula is C12H17N3O4. The van der Waals surface area contributed by atoms with Crippen molar-refractivity contribution in [2.45, 2.75) is 39.5 Å². The highest BCUT2D eigenvalue weighted by Gasteiger charge is 2.32. The highest BCUT2D eigenvalue weighted by Crippen LogP contribution is 2.24. The number of imidazole rings is 1. The highest BCUT2D eigenvalue weighted by molar-refractivity contribution is 5.84. The molecule has 1 N–H and O–H groups in total. The molecule has 0 saturated carbocycles. The quantitative estimate of drug-likeness (QED) is 0.830. The molecule has 0 fully saturated rings. The lowest BCUT2D eigenvalue weighted by Crippen LogP contribution is -2.34. The molecule has 2 heterocycles. The first-order valence-electron chi connectivity index (χ1n) is 5.94. The number of carboxylic acids is 1. The molecule has 2 rings (SSSR count). The molecule has 0 saturated heterocycles. The van der Waals surface area contributed by atoms with E-state index in [1.54, 1.807) is 27.8 Å². The molecule has 1 aliphatic rings. The number of amides is 1. The number of carbonyl (C=O) groups excluding carboxylic acids is 1. The van der Waals surface area contributed by atoms with Gasteiger partial charge < -0.3 is 14.4 Å². The predicted molar refractivity (Wildman–Crippen MR) is 65.6 cm³/mol. The van der Waals surface area contributed by atoms with Crippen LogP contribution in [0.2, 0.25) is 0 Å². The number of carboxylic acid groups (broad SMARTS) is 1. The molecule has 7 nitrogen and oxygen atoms in total. The number of rotatable bonds is 1. The first kappa shape index (κ1) is 13.4. The molecule has 19 heavy (non-hydrogen) atoms. The minimum Gasteiger partial charge on any atom is -0.475 e. The molecule has 0 bridgehead atoms. The number of fused-ring (bicyclic) bond motifs is 1. The Hall–Kier alpha value is -2.05. The third-order valence-electron chi connectivity index (χ3n) is 2.82. The maximum Gasteiger partial charge on any atom is 0.410 e. The second kappa shape index (κ2) is 4.25. The molecule has 1 aliphatic heterocycles. The van der Waals surface area contributed by atoms with Crippen LogP contribution < -0.4 is 0 Å². The molecule has 0 radical (unpaired) electrons. The Balaban J connectivity index is 2.14. The van der Waals surface area contributed by atoms with Gasteiger partial charge in [-0.25, -0.2) is 14.6 Å². The number of hydrogen-bond donors (Lipinski definition) is 1. The van der Waals surface area contributed by atoms with E-state index in [2.05, 4.69) is 4.98 Å². The number of aromatic carboxylic acids is 1. The minimum atomic E-state index is -1.07. The number of nitrogens with zero attached hydrogens (tertiary/aromatic N) is 3. The Bertz CT molecular complexity index is 542. The van der Waals surface area contributed by atoms with E-state index in [1.807, 2.05) is 0 Å². The molecule has 104 valence electrons. The van der Waals surface area contributed by atoms with Gasteiger partial charge in [-0.3, -0.25) is 4.90 Å². The maximum atomic E-state index is 11.9. The largest absolute Gasteiger partial charge is 0.475 e. The van der Waals surface area contributed by atoms with Gasteiger partial charge in [-0.2, -0.15) is 0 Å². The van der Waals surface area contributed by atoms with Gasteiger partial charge in [-0.05, 0) is 20.8 Å². The van der Waals surface area contributed by atoms with E-state index in [4.69, 9.17) is 9.84 Å². The van der Waals surface area contributed by atoms with Crippen LogP contribution in [0.15, 0.2) is 0 Å². The zero-order valence-electron chi connectivity index (χ0n) is 11.4. The van der Waals surface area contributed by atoms with Gasteiger partial charge in [-0.15, -0.1) is 0 Å². The minimum absolute atomic E-state index is 0.00570.